The highest BCUT2D eigenvalue weighted by Gasteiger charge is 2.11. The average Bonchev–Trinajstić information content (AvgIpc) is 2.20. The summed E-state index contributed by atoms with van der Waals surface area (Å²) >= 11 is 0. The number of hydrogen-bond acceptors (Lipinski definition) is 3. The minimum Gasteiger partial charge on any atom is -0.508 e. The smallest absolute Gasteiger partial charge is 0.315 e. The van der Waals surface area contributed by atoms with E-state index in [-0.39, 0.29) is 25.4 Å². The van der Waals surface area contributed by atoms with Crippen molar-refractivity contribution in [2.75, 3.05) is 13.2 Å². The largest absolute Gasteiger partial charge is 0.508 e. The van der Waals surface area contributed by atoms with Crippen molar-refractivity contribution in [3.8, 4) is 5.75 Å². The molecule has 0 spiro atoms. The molecule has 0 aromatic heterocycles. The van der Waals surface area contributed by atoms with Crippen LogP contribution in [0.2, 0.25) is 0 Å². The Balaban J connectivity index is 2.74. The van der Waals surface area contributed by atoms with Crippen LogP contribution >= 0.6 is 0 Å². The summed E-state index contributed by atoms with van der Waals surface area (Å²) in [6.07, 6.45) is 0. The van der Waals surface area contributed by atoms with Crippen LogP contribution < -0.4 is 5.73 Å². The van der Waals surface area contributed by atoms with Gasteiger partial charge in [-0.05, 0) is 6.07 Å². The number of urea groups is 1. The van der Waals surface area contributed by atoms with Crippen molar-refractivity contribution in [2.24, 2.45) is 5.73 Å². The molecule has 0 aliphatic carbocycles. The SMILES string of the molecule is NC(=O)N(CCO)Cc1ccccc1O. The van der Waals surface area contributed by atoms with Crippen molar-refractivity contribution in [3.63, 3.8) is 0 Å². The van der Waals surface area contributed by atoms with Gasteiger partial charge in [0.05, 0.1) is 13.2 Å². The predicted molar refractivity (Wildman–Crippen MR) is 55.2 cm³/mol. The summed E-state index contributed by atoms with van der Waals surface area (Å²) in [6, 6.07) is 6.07. The van der Waals surface area contributed by atoms with Crippen LogP contribution in [0.1, 0.15) is 5.56 Å². The molecule has 2 amide bonds. The van der Waals surface area contributed by atoms with E-state index in [1.807, 2.05) is 0 Å². The van der Waals surface area contributed by atoms with Gasteiger partial charge in [-0.25, -0.2) is 4.79 Å². The Kier molecular flexibility index (Phi) is 3.93. The molecule has 5 heteroatoms. The number of para-hydroxylation sites is 1. The topological polar surface area (TPSA) is 86.8 Å². The highest BCUT2D eigenvalue weighted by molar-refractivity contribution is 5.72. The van der Waals surface area contributed by atoms with Gasteiger partial charge in [-0.3, -0.25) is 0 Å². The molecule has 0 bridgehead atoms. The zero-order chi connectivity index (χ0) is 11.3. The Bertz CT molecular complexity index is 341. The first kappa shape index (κ1) is 11.3. The quantitative estimate of drug-likeness (QED) is 0.666. The summed E-state index contributed by atoms with van der Waals surface area (Å²) in [5.74, 6) is 0.113. The molecule has 0 heterocycles. The van der Waals surface area contributed by atoms with E-state index in [2.05, 4.69) is 0 Å². The molecule has 1 aromatic rings. The molecule has 15 heavy (non-hydrogen) atoms. The van der Waals surface area contributed by atoms with Crippen LogP contribution in [-0.4, -0.2) is 34.3 Å². The van der Waals surface area contributed by atoms with Crippen LogP contribution in [0, 0.1) is 0 Å². The number of carbonyl (C=O) groups excluding carboxylic acids is 1. The third kappa shape index (κ3) is 3.14. The van der Waals surface area contributed by atoms with Crippen molar-refractivity contribution in [1.82, 2.24) is 4.90 Å². The number of nitrogens with zero attached hydrogens (tertiary/aromatic N) is 1. The van der Waals surface area contributed by atoms with E-state index in [9.17, 15) is 9.90 Å². The zero-order valence-corrected chi connectivity index (χ0v) is 8.26. The van der Waals surface area contributed by atoms with Gasteiger partial charge in [0, 0.05) is 12.1 Å². The average molecular weight is 210 g/mol. The van der Waals surface area contributed by atoms with E-state index >= 15 is 0 Å². The van der Waals surface area contributed by atoms with Gasteiger partial charge in [0.2, 0.25) is 0 Å². The Morgan fingerprint density at radius 1 is 1.40 bits per heavy atom. The molecule has 0 unspecified atom stereocenters. The van der Waals surface area contributed by atoms with E-state index in [4.69, 9.17) is 10.8 Å². The molecule has 0 saturated carbocycles. The number of phenolic OH excluding ortho intramolecular Hbond substituents is 1. The molecule has 1 rings (SSSR count). The molecular formula is C10H14N2O3. The number of carbonyl (C=O) groups is 1. The normalized spacial score (nSPS) is 9.93. The summed E-state index contributed by atoms with van der Waals surface area (Å²) < 4.78 is 0. The Morgan fingerprint density at radius 3 is 2.60 bits per heavy atom. The maximum atomic E-state index is 11.0. The number of aromatic hydroxyl groups is 1. The number of aliphatic hydroxyl groups excluding tert-OH is 1. The molecular weight excluding hydrogens is 196 g/mol. The Hall–Kier alpha value is -1.75. The van der Waals surface area contributed by atoms with Crippen molar-refractivity contribution in [3.05, 3.63) is 29.8 Å². The zero-order valence-electron chi connectivity index (χ0n) is 8.26. The molecule has 0 aliphatic rings. The minimum absolute atomic E-state index is 0.113. The fourth-order valence-electron chi connectivity index (χ4n) is 1.24. The lowest BCUT2D eigenvalue weighted by molar-refractivity contribution is 0.181. The van der Waals surface area contributed by atoms with Gasteiger partial charge in [-0.15, -0.1) is 0 Å². The number of nitrogens with two attached hydrogens (primary N) is 1. The van der Waals surface area contributed by atoms with Crippen molar-refractivity contribution >= 4 is 6.03 Å². The second-order valence-electron chi connectivity index (χ2n) is 3.11. The van der Waals surface area contributed by atoms with E-state index in [0.29, 0.717) is 5.56 Å². The van der Waals surface area contributed by atoms with Gasteiger partial charge < -0.3 is 20.8 Å². The predicted octanol–water partition coefficient (Wildman–Crippen LogP) is 0.265. The lowest BCUT2D eigenvalue weighted by Crippen LogP contribution is -2.37. The van der Waals surface area contributed by atoms with Crippen molar-refractivity contribution < 1.29 is 15.0 Å². The number of hydrogen-bond donors (Lipinski definition) is 3. The van der Waals surface area contributed by atoms with Crippen LogP contribution in [0.15, 0.2) is 24.3 Å². The van der Waals surface area contributed by atoms with Gasteiger partial charge in [0.15, 0.2) is 0 Å². The minimum atomic E-state index is -0.618. The van der Waals surface area contributed by atoms with Gasteiger partial charge in [0.1, 0.15) is 5.75 Å². The van der Waals surface area contributed by atoms with E-state index in [0.717, 1.165) is 0 Å². The summed E-state index contributed by atoms with van der Waals surface area (Å²) in [5.41, 5.74) is 5.72. The first-order valence-corrected chi connectivity index (χ1v) is 4.57. The third-order valence-electron chi connectivity index (χ3n) is 2.03. The molecule has 0 radical (unpaired) electrons. The fourth-order valence-corrected chi connectivity index (χ4v) is 1.24. The van der Waals surface area contributed by atoms with Gasteiger partial charge in [0.25, 0.3) is 0 Å². The monoisotopic (exact) mass is 210 g/mol. The number of amides is 2. The van der Waals surface area contributed by atoms with Crippen molar-refractivity contribution in [2.45, 2.75) is 6.54 Å². The van der Waals surface area contributed by atoms with Crippen LogP contribution in [0.3, 0.4) is 0 Å². The summed E-state index contributed by atoms with van der Waals surface area (Å²) in [4.78, 5) is 12.2. The van der Waals surface area contributed by atoms with Gasteiger partial charge >= 0.3 is 6.03 Å². The summed E-state index contributed by atoms with van der Waals surface area (Å²) in [6.45, 7) is 0.197. The summed E-state index contributed by atoms with van der Waals surface area (Å²) in [7, 11) is 0. The molecule has 5 nitrogen and oxygen atoms in total. The lowest BCUT2D eigenvalue weighted by atomic mass is 10.2. The first-order valence-electron chi connectivity index (χ1n) is 4.57. The molecule has 0 fully saturated rings. The maximum Gasteiger partial charge on any atom is 0.315 e. The Labute approximate surface area is 87.7 Å². The Morgan fingerprint density at radius 2 is 2.07 bits per heavy atom. The molecule has 82 valence electrons. The van der Waals surface area contributed by atoms with Crippen LogP contribution in [0.4, 0.5) is 4.79 Å². The van der Waals surface area contributed by atoms with E-state index in [1.165, 1.54) is 11.0 Å². The van der Waals surface area contributed by atoms with Gasteiger partial charge in [-0.2, -0.15) is 0 Å². The molecule has 1 aromatic carbocycles. The van der Waals surface area contributed by atoms with Crippen LogP contribution in [0.5, 0.6) is 5.75 Å². The second kappa shape index (κ2) is 5.21. The van der Waals surface area contributed by atoms with E-state index in [1.54, 1.807) is 18.2 Å². The highest BCUT2D eigenvalue weighted by Crippen LogP contribution is 2.17. The second-order valence-corrected chi connectivity index (χ2v) is 3.11. The number of aliphatic hydroxyl groups is 1. The molecule has 0 atom stereocenters. The summed E-state index contributed by atoms with van der Waals surface area (Å²) in [5, 5.41) is 18.2. The first-order chi connectivity index (χ1) is 7.15. The highest BCUT2D eigenvalue weighted by atomic mass is 16.3. The maximum absolute atomic E-state index is 11.0. The van der Waals surface area contributed by atoms with Crippen molar-refractivity contribution in [1.29, 1.82) is 0 Å². The number of primary amides is 1. The number of benzene rings is 1. The number of rotatable bonds is 4. The standard InChI is InChI=1S/C10H14N2O3/c11-10(15)12(5-6-13)7-8-3-1-2-4-9(8)14/h1-4,13-14H,5-7H2,(H2,11,15). The third-order valence-corrected chi connectivity index (χ3v) is 2.03. The molecule has 4 N–H and O–H groups in total. The van der Waals surface area contributed by atoms with Gasteiger partial charge in [-0.1, -0.05) is 18.2 Å². The number of phenols is 1. The lowest BCUT2D eigenvalue weighted by Gasteiger charge is -2.19. The van der Waals surface area contributed by atoms with Crippen LogP contribution in [0.25, 0.3) is 0 Å². The van der Waals surface area contributed by atoms with E-state index < -0.39 is 6.03 Å². The van der Waals surface area contributed by atoms with Crippen LogP contribution in [-0.2, 0) is 6.54 Å². The fraction of sp³-hybridized carbons (Fsp3) is 0.300. The molecule has 0 saturated heterocycles. The molecule has 0 aliphatic heterocycles.